The number of ether oxygens (including phenoxy) is 1. The molecule has 0 N–H and O–H groups in total. The summed E-state index contributed by atoms with van der Waals surface area (Å²) in [5.74, 6) is 1.19. The Labute approximate surface area is 128 Å². The van der Waals surface area contributed by atoms with Crippen LogP contribution in [-0.2, 0) is 9.53 Å². The standard InChI is InChI=1S/C19H28O2/c1-16(2)13-6-8-19-10-9-17(3,12-19)7-5-14(19)18(13,4)11-15(20)21-16/h9-10,13-14H,5-8,11-12H2,1-4H3/t13-,14+,17+,18-,19-/m1/s1. The van der Waals surface area contributed by atoms with Crippen LogP contribution in [0.15, 0.2) is 12.2 Å². The highest BCUT2D eigenvalue weighted by Gasteiger charge is 2.64. The third-order valence-electron chi connectivity index (χ3n) is 7.48. The minimum atomic E-state index is -0.297. The van der Waals surface area contributed by atoms with Crippen LogP contribution in [0.5, 0.6) is 0 Å². The molecule has 116 valence electrons. The van der Waals surface area contributed by atoms with Gasteiger partial charge in [0.1, 0.15) is 5.60 Å². The maximum atomic E-state index is 12.2. The highest BCUT2D eigenvalue weighted by Crippen LogP contribution is 2.70. The highest BCUT2D eigenvalue weighted by molar-refractivity contribution is 5.72. The Morgan fingerprint density at radius 3 is 2.52 bits per heavy atom. The summed E-state index contributed by atoms with van der Waals surface area (Å²) in [6.45, 7) is 9.06. The lowest BCUT2D eigenvalue weighted by Gasteiger charge is -2.63. The van der Waals surface area contributed by atoms with Gasteiger partial charge in [-0.2, -0.15) is 0 Å². The molecule has 1 spiro atoms. The van der Waals surface area contributed by atoms with Crippen LogP contribution >= 0.6 is 0 Å². The average molecular weight is 288 g/mol. The zero-order valence-corrected chi connectivity index (χ0v) is 13.9. The van der Waals surface area contributed by atoms with E-state index >= 15 is 0 Å². The second kappa shape index (κ2) is 3.75. The fraction of sp³-hybridized carbons (Fsp3) is 0.842. The van der Waals surface area contributed by atoms with E-state index in [-0.39, 0.29) is 17.0 Å². The summed E-state index contributed by atoms with van der Waals surface area (Å²) in [4.78, 5) is 12.2. The van der Waals surface area contributed by atoms with E-state index in [1.54, 1.807) is 0 Å². The predicted molar refractivity (Wildman–Crippen MR) is 82.6 cm³/mol. The zero-order valence-electron chi connectivity index (χ0n) is 13.9. The largest absolute Gasteiger partial charge is 0.459 e. The van der Waals surface area contributed by atoms with Crippen molar-refractivity contribution < 1.29 is 9.53 Å². The predicted octanol–water partition coefficient (Wildman–Crippen LogP) is 4.49. The van der Waals surface area contributed by atoms with Crippen LogP contribution in [0.1, 0.15) is 66.2 Å². The van der Waals surface area contributed by atoms with Gasteiger partial charge < -0.3 is 4.74 Å². The molecule has 21 heavy (non-hydrogen) atoms. The first kappa shape index (κ1) is 13.8. The molecule has 5 atom stereocenters. The lowest BCUT2D eigenvalue weighted by Crippen LogP contribution is -2.61. The molecule has 3 fully saturated rings. The first-order valence-electron chi connectivity index (χ1n) is 8.62. The Balaban J connectivity index is 1.78. The number of hydrogen-bond acceptors (Lipinski definition) is 2. The monoisotopic (exact) mass is 288 g/mol. The molecule has 0 radical (unpaired) electrons. The Morgan fingerprint density at radius 1 is 1.05 bits per heavy atom. The average Bonchev–Trinajstić information content (AvgIpc) is 2.57. The molecule has 2 saturated carbocycles. The van der Waals surface area contributed by atoms with Gasteiger partial charge in [-0.25, -0.2) is 0 Å². The third-order valence-corrected chi connectivity index (χ3v) is 7.48. The van der Waals surface area contributed by atoms with E-state index in [9.17, 15) is 4.79 Å². The van der Waals surface area contributed by atoms with Crippen molar-refractivity contribution in [2.45, 2.75) is 71.8 Å². The van der Waals surface area contributed by atoms with Gasteiger partial charge in [0.15, 0.2) is 0 Å². The fourth-order valence-electron chi connectivity index (χ4n) is 6.83. The van der Waals surface area contributed by atoms with Crippen molar-refractivity contribution in [3.63, 3.8) is 0 Å². The van der Waals surface area contributed by atoms with Gasteiger partial charge in [0.2, 0.25) is 0 Å². The summed E-state index contributed by atoms with van der Waals surface area (Å²) in [6, 6.07) is 0. The van der Waals surface area contributed by atoms with Gasteiger partial charge in [-0.05, 0) is 68.1 Å². The van der Waals surface area contributed by atoms with Gasteiger partial charge in [0, 0.05) is 5.92 Å². The molecule has 0 aromatic heterocycles. The molecule has 0 unspecified atom stereocenters. The smallest absolute Gasteiger partial charge is 0.306 e. The minimum absolute atomic E-state index is 0.0195. The van der Waals surface area contributed by atoms with Crippen LogP contribution in [0, 0.1) is 28.1 Å². The molecule has 1 aliphatic heterocycles. The molecule has 4 rings (SSSR count). The van der Waals surface area contributed by atoms with Gasteiger partial charge in [-0.3, -0.25) is 4.79 Å². The number of carbonyl (C=O) groups is 1. The molecule has 0 aromatic carbocycles. The summed E-state index contributed by atoms with van der Waals surface area (Å²) in [6.07, 6.45) is 12.0. The van der Waals surface area contributed by atoms with E-state index in [4.69, 9.17) is 4.74 Å². The van der Waals surface area contributed by atoms with Crippen molar-refractivity contribution >= 4 is 5.97 Å². The fourth-order valence-corrected chi connectivity index (χ4v) is 6.83. The molecule has 4 aliphatic rings. The van der Waals surface area contributed by atoms with Gasteiger partial charge in [-0.1, -0.05) is 26.0 Å². The van der Waals surface area contributed by atoms with Crippen molar-refractivity contribution in [3.05, 3.63) is 12.2 Å². The highest BCUT2D eigenvalue weighted by atomic mass is 16.6. The minimum Gasteiger partial charge on any atom is -0.459 e. The van der Waals surface area contributed by atoms with Crippen LogP contribution < -0.4 is 0 Å². The molecular weight excluding hydrogens is 260 g/mol. The van der Waals surface area contributed by atoms with Crippen LogP contribution in [0.25, 0.3) is 0 Å². The molecule has 2 heteroatoms. The summed E-state index contributed by atoms with van der Waals surface area (Å²) in [7, 11) is 0. The number of cyclic esters (lactones) is 1. The molecule has 2 bridgehead atoms. The van der Waals surface area contributed by atoms with E-state index in [0.717, 1.165) is 0 Å². The first-order chi connectivity index (χ1) is 9.69. The second-order valence-electron chi connectivity index (χ2n) is 9.34. The van der Waals surface area contributed by atoms with Crippen LogP contribution in [0.2, 0.25) is 0 Å². The van der Waals surface area contributed by atoms with Gasteiger partial charge >= 0.3 is 5.97 Å². The maximum Gasteiger partial charge on any atom is 0.306 e. The van der Waals surface area contributed by atoms with Crippen molar-refractivity contribution in [1.29, 1.82) is 0 Å². The summed E-state index contributed by atoms with van der Waals surface area (Å²) < 4.78 is 5.73. The molecule has 1 saturated heterocycles. The molecule has 0 amide bonds. The summed E-state index contributed by atoms with van der Waals surface area (Å²) >= 11 is 0. The van der Waals surface area contributed by atoms with Gasteiger partial charge in [0.05, 0.1) is 6.42 Å². The van der Waals surface area contributed by atoms with Crippen molar-refractivity contribution in [3.8, 4) is 0 Å². The Hall–Kier alpha value is -0.790. The lowest BCUT2D eigenvalue weighted by molar-refractivity contribution is -0.214. The molecule has 3 aliphatic carbocycles. The third kappa shape index (κ3) is 1.68. The van der Waals surface area contributed by atoms with Crippen LogP contribution in [-0.4, -0.2) is 11.6 Å². The number of esters is 1. The van der Waals surface area contributed by atoms with Gasteiger partial charge in [-0.15, -0.1) is 0 Å². The number of hydrogen-bond donors (Lipinski definition) is 0. The number of carbonyl (C=O) groups excluding carboxylic acids is 1. The Bertz CT molecular complexity index is 534. The molecule has 1 heterocycles. The maximum absolute atomic E-state index is 12.2. The zero-order chi connectivity index (χ0) is 15.1. The van der Waals surface area contributed by atoms with Crippen molar-refractivity contribution in [1.82, 2.24) is 0 Å². The van der Waals surface area contributed by atoms with E-state index < -0.39 is 0 Å². The lowest BCUT2D eigenvalue weighted by atomic mass is 9.43. The topological polar surface area (TPSA) is 26.3 Å². The number of allylic oxidation sites excluding steroid dienone is 2. The van der Waals surface area contributed by atoms with Crippen LogP contribution in [0.4, 0.5) is 0 Å². The molecular formula is C19H28O2. The van der Waals surface area contributed by atoms with Crippen molar-refractivity contribution in [2.75, 3.05) is 0 Å². The number of rotatable bonds is 0. The first-order valence-corrected chi connectivity index (χ1v) is 8.62. The van der Waals surface area contributed by atoms with Crippen LogP contribution in [0.3, 0.4) is 0 Å². The van der Waals surface area contributed by atoms with Gasteiger partial charge in [0.25, 0.3) is 0 Å². The van der Waals surface area contributed by atoms with E-state index in [1.165, 1.54) is 32.1 Å². The second-order valence-corrected chi connectivity index (χ2v) is 9.34. The molecule has 0 aromatic rings. The Kier molecular flexibility index (Phi) is 2.47. The number of fused-ring (bicyclic) bond motifs is 3. The quantitative estimate of drug-likeness (QED) is 0.485. The Morgan fingerprint density at radius 2 is 1.76 bits per heavy atom. The summed E-state index contributed by atoms with van der Waals surface area (Å²) in [5, 5.41) is 0. The van der Waals surface area contributed by atoms with E-state index in [1.807, 2.05) is 0 Å². The van der Waals surface area contributed by atoms with E-state index in [0.29, 0.717) is 29.1 Å². The molecule has 2 nitrogen and oxygen atoms in total. The normalized spacial score (nSPS) is 53.8. The van der Waals surface area contributed by atoms with E-state index in [2.05, 4.69) is 39.8 Å². The van der Waals surface area contributed by atoms with Crippen molar-refractivity contribution in [2.24, 2.45) is 28.1 Å². The summed E-state index contributed by atoms with van der Waals surface area (Å²) in [5.41, 5.74) is 0.609. The SMILES string of the molecule is CC1(C)OC(=O)C[C@]2(C)[C@@H]1CC[C@]13C=C[C@](C)(CC[C@H]12)C3.